The van der Waals surface area contributed by atoms with E-state index in [-0.39, 0.29) is 0 Å². The predicted octanol–water partition coefficient (Wildman–Crippen LogP) is 2.24. The number of ether oxygens (including phenoxy) is 1. The number of rotatable bonds is 7. The van der Waals surface area contributed by atoms with E-state index in [1.807, 2.05) is 30.3 Å². The smallest absolute Gasteiger partial charge is 0.335 e. The molecule has 9 heteroatoms. The maximum absolute atomic E-state index is 9.77. The molecule has 0 bridgehead atoms. The van der Waals surface area contributed by atoms with E-state index in [9.17, 15) is 9.59 Å². The van der Waals surface area contributed by atoms with Gasteiger partial charge in [0, 0.05) is 6.07 Å². The Kier molecular flexibility index (Phi) is 8.85. The molecule has 0 spiro atoms. The topological polar surface area (TPSA) is 141 Å². The second kappa shape index (κ2) is 11.3. The first kappa shape index (κ1) is 23.4. The van der Waals surface area contributed by atoms with Crippen LogP contribution in [0.25, 0.3) is 0 Å². The lowest BCUT2D eigenvalue weighted by molar-refractivity contribution is -0.165. The molecule has 164 valence electrons. The zero-order valence-electron chi connectivity index (χ0n) is 16.7. The average Bonchev–Trinajstić information content (AvgIpc) is 3.16. The van der Waals surface area contributed by atoms with E-state index < -0.39 is 24.1 Å². The average molecular weight is 421 g/mol. The van der Waals surface area contributed by atoms with Gasteiger partial charge in [-0.2, -0.15) is 0 Å². The highest BCUT2D eigenvalue weighted by molar-refractivity contribution is 5.83. The fraction of sp³-hybridized carbons (Fsp3) is 0.429. The molecule has 1 fully saturated rings. The van der Waals surface area contributed by atoms with E-state index in [4.69, 9.17) is 29.6 Å². The lowest BCUT2D eigenvalue weighted by Crippen LogP contribution is -2.39. The summed E-state index contributed by atoms with van der Waals surface area (Å²) in [4.78, 5) is 22.0. The van der Waals surface area contributed by atoms with Gasteiger partial charge in [-0.25, -0.2) is 9.59 Å². The summed E-state index contributed by atoms with van der Waals surface area (Å²) in [6, 6.07) is 10.0. The summed E-state index contributed by atoms with van der Waals surface area (Å²) >= 11 is 0. The van der Waals surface area contributed by atoms with E-state index in [1.54, 1.807) is 6.26 Å². The second-order valence-corrected chi connectivity index (χ2v) is 7.07. The van der Waals surface area contributed by atoms with Crippen molar-refractivity contribution in [3.8, 4) is 11.5 Å². The molecule has 3 rings (SSSR count). The number of piperidine rings is 1. The molecule has 1 aliphatic rings. The highest BCUT2D eigenvalue weighted by Gasteiger charge is 2.29. The molecule has 2 heterocycles. The van der Waals surface area contributed by atoms with Crippen LogP contribution in [0.15, 0.2) is 41.0 Å². The van der Waals surface area contributed by atoms with Crippen LogP contribution in [0.3, 0.4) is 0 Å². The summed E-state index contributed by atoms with van der Waals surface area (Å²) in [7, 11) is 0. The van der Waals surface area contributed by atoms with Crippen molar-refractivity contribution >= 4 is 11.9 Å². The lowest BCUT2D eigenvalue weighted by Gasteiger charge is -2.25. The first-order chi connectivity index (χ1) is 14.3. The molecular weight excluding hydrogens is 394 g/mol. The standard InChI is InChI=1S/C17H21NO2.C4H6O6/c1-14-5-7-15(8-6-14)20-17-11-16(19-13-17)12-18-9-3-2-4-10-18;5-1(3(7)8)2(6)4(9)10/h5-8,11,13H,2-4,9-10,12H2,1H3;1-2,5-6H,(H,7,8)(H,9,10). The summed E-state index contributed by atoms with van der Waals surface area (Å²) < 4.78 is 11.4. The van der Waals surface area contributed by atoms with Crippen LogP contribution in [0.5, 0.6) is 11.5 Å². The number of aliphatic hydroxyl groups is 2. The maximum atomic E-state index is 9.77. The Balaban J connectivity index is 0.000000274. The number of furan rings is 1. The maximum Gasteiger partial charge on any atom is 0.335 e. The number of benzene rings is 1. The molecule has 4 N–H and O–H groups in total. The van der Waals surface area contributed by atoms with Crippen LogP contribution in [0.4, 0.5) is 0 Å². The van der Waals surface area contributed by atoms with Crippen LogP contribution in [-0.4, -0.2) is 62.6 Å². The molecular formula is C21H27NO8. The first-order valence-electron chi connectivity index (χ1n) is 9.62. The van der Waals surface area contributed by atoms with Crippen molar-refractivity contribution < 1.29 is 39.2 Å². The molecule has 1 aliphatic heterocycles. The molecule has 2 unspecified atom stereocenters. The number of hydrogen-bond acceptors (Lipinski definition) is 7. The minimum atomic E-state index is -2.27. The van der Waals surface area contributed by atoms with Crippen LogP contribution in [-0.2, 0) is 16.1 Å². The van der Waals surface area contributed by atoms with Crippen LogP contribution < -0.4 is 4.74 Å². The molecule has 9 nitrogen and oxygen atoms in total. The third kappa shape index (κ3) is 7.51. The Labute approximate surface area is 174 Å². The Morgan fingerprint density at radius 1 is 1.00 bits per heavy atom. The van der Waals surface area contributed by atoms with Gasteiger partial charge >= 0.3 is 11.9 Å². The number of aliphatic carboxylic acids is 2. The van der Waals surface area contributed by atoms with Gasteiger partial charge in [-0.3, -0.25) is 4.90 Å². The van der Waals surface area contributed by atoms with Gasteiger partial charge in [-0.05, 0) is 45.0 Å². The first-order valence-corrected chi connectivity index (χ1v) is 9.62. The molecule has 0 amide bonds. The van der Waals surface area contributed by atoms with Crippen molar-refractivity contribution in [3.05, 3.63) is 47.9 Å². The van der Waals surface area contributed by atoms with Gasteiger partial charge in [-0.15, -0.1) is 0 Å². The predicted molar refractivity (Wildman–Crippen MR) is 106 cm³/mol. The van der Waals surface area contributed by atoms with Gasteiger partial charge in [0.05, 0.1) is 6.54 Å². The molecule has 0 radical (unpaired) electrons. The quantitative estimate of drug-likeness (QED) is 0.530. The van der Waals surface area contributed by atoms with E-state index in [2.05, 4.69) is 11.8 Å². The van der Waals surface area contributed by atoms with Crippen LogP contribution in [0.1, 0.15) is 30.6 Å². The minimum Gasteiger partial charge on any atom is -0.479 e. The fourth-order valence-electron chi connectivity index (χ4n) is 2.85. The Hall–Kier alpha value is -2.88. The Morgan fingerprint density at radius 3 is 2.10 bits per heavy atom. The third-order valence-electron chi connectivity index (χ3n) is 4.52. The molecule has 1 saturated heterocycles. The number of nitrogens with zero attached hydrogens (tertiary/aromatic N) is 1. The highest BCUT2D eigenvalue weighted by Crippen LogP contribution is 2.25. The van der Waals surface area contributed by atoms with Crippen molar-refractivity contribution in [2.45, 2.75) is 44.9 Å². The SMILES string of the molecule is Cc1ccc(Oc2coc(CN3CCCCC3)c2)cc1.O=C(O)C(O)C(O)C(=O)O. The van der Waals surface area contributed by atoms with Gasteiger partial charge in [0.1, 0.15) is 17.8 Å². The highest BCUT2D eigenvalue weighted by atomic mass is 16.5. The van der Waals surface area contributed by atoms with E-state index in [0.717, 1.165) is 23.8 Å². The van der Waals surface area contributed by atoms with Crippen LogP contribution in [0, 0.1) is 6.92 Å². The van der Waals surface area contributed by atoms with Crippen molar-refractivity contribution in [2.75, 3.05) is 13.1 Å². The zero-order chi connectivity index (χ0) is 22.1. The summed E-state index contributed by atoms with van der Waals surface area (Å²) in [5, 5.41) is 32.5. The van der Waals surface area contributed by atoms with Gasteiger partial charge in [0.25, 0.3) is 0 Å². The van der Waals surface area contributed by atoms with Crippen molar-refractivity contribution in [1.82, 2.24) is 4.90 Å². The number of carbonyl (C=O) groups is 2. The van der Waals surface area contributed by atoms with Crippen LogP contribution >= 0.6 is 0 Å². The number of aliphatic hydroxyl groups excluding tert-OH is 2. The van der Waals surface area contributed by atoms with Crippen molar-refractivity contribution in [3.63, 3.8) is 0 Å². The van der Waals surface area contributed by atoms with Gasteiger partial charge in [0.15, 0.2) is 18.0 Å². The summed E-state index contributed by atoms with van der Waals surface area (Å²) in [5.74, 6) is -0.930. The molecule has 30 heavy (non-hydrogen) atoms. The Bertz CT molecular complexity index is 793. The Morgan fingerprint density at radius 2 is 1.57 bits per heavy atom. The number of carboxylic acids is 2. The van der Waals surface area contributed by atoms with Gasteiger partial charge in [-0.1, -0.05) is 24.1 Å². The number of likely N-dealkylation sites (tertiary alicyclic amines) is 1. The molecule has 2 aromatic rings. The summed E-state index contributed by atoms with van der Waals surface area (Å²) in [6.07, 6.45) is 1.12. The second-order valence-electron chi connectivity index (χ2n) is 7.07. The van der Waals surface area contributed by atoms with Crippen LogP contribution in [0.2, 0.25) is 0 Å². The van der Waals surface area contributed by atoms with Crippen molar-refractivity contribution in [1.29, 1.82) is 0 Å². The van der Waals surface area contributed by atoms with Gasteiger partial charge < -0.3 is 29.6 Å². The minimum absolute atomic E-state index is 0.779. The van der Waals surface area contributed by atoms with Crippen molar-refractivity contribution in [2.24, 2.45) is 0 Å². The molecule has 0 aliphatic carbocycles. The van der Waals surface area contributed by atoms with Gasteiger partial charge in [0.2, 0.25) is 0 Å². The fourth-order valence-corrected chi connectivity index (χ4v) is 2.85. The summed E-state index contributed by atoms with van der Waals surface area (Å²) in [5.41, 5.74) is 1.23. The lowest BCUT2D eigenvalue weighted by atomic mass is 10.1. The summed E-state index contributed by atoms with van der Waals surface area (Å²) in [6.45, 7) is 5.30. The monoisotopic (exact) mass is 421 g/mol. The number of hydrogen-bond donors (Lipinski definition) is 4. The normalized spacial score (nSPS) is 16.1. The van der Waals surface area contributed by atoms with E-state index in [1.165, 1.54) is 37.9 Å². The largest absolute Gasteiger partial charge is 0.479 e. The number of aryl methyl sites for hydroxylation is 1. The van der Waals surface area contributed by atoms with E-state index >= 15 is 0 Å². The number of carboxylic acid groups (broad SMARTS) is 2. The van der Waals surface area contributed by atoms with E-state index in [0.29, 0.717) is 0 Å². The molecule has 2 atom stereocenters. The molecule has 1 aromatic heterocycles. The molecule has 0 saturated carbocycles. The third-order valence-corrected chi connectivity index (χ3v) is 4.52. The zero-order valence-corrected chi connectivity index (χ0v) is 16.7. The molecule has 1 aromatic carbocycles.